The van der Waals surface area contributed by atoms with Crippen LogP contribution in [-0.2, 0) is 4.74 Å². The average molecular weight is 166 g/mol. The Labute approximate surface area is 70.8 Å². The highest BCUT2D eigenvalue weighted by atomic mass is 32.2. The summed E-state index contributed by atoms with van der Waals surface area (Å²) in [6, 6.07) is 8.57. The standard InChI is InChI=1S/C9H10OS/c1-11-8-4-2-7(3-5-8)9-6-10-9/h2-5,9H,6H2,1H3/t9-/m0/s1. The maximum Gasteiger partial charge on any atom is 0.106 e. The molecule has 0 radical (unpaired) electrons. The van der Waals surface area contributed by atoms with Crippen molar-refractivity contribution in [3.63, 3.8) is 0 Å². The first kappa shape index (κ1) is 7.19. The fourth-order valence-corrected chi connectivity index (χ4v) is 1.47. The van der Waals surface area contributed by atoms with Gasteiger partial charge in [-0.05, 0) is 24.0 Å². The number of hydrogen-bond donors (Lipinski definition) is 0. The summed E-state index contributed by atoms with van der Waals surface area (Å²) in [5, 5.41) is 0. The van der Waals surface area contributed by atoms with Gasteiger partial charge in [0.1, 0.15) is 6.10 Å². The quantitative estimate of drug-likeness (QED) is 0.494. The van der Waals surface area contributed by atoms with Crippen molar-refractivity contribution in [2.24, 2.45) is 0 Å². The Hall–Kier alpha value is -0.470. The third-order valence-electron chi connectivity index (χ3n) is 1.82. The molecule has 1 atom stereocenters. The summed E-state index contributed by atoms with van der Waals surface area (Å²) in [4.78, 5) is 1.31. The zero-order valence-corrected chi connectivity index (χ0v) is 7.23. The molecule has 1 saturated heterocycles. The van der Waals surface area contributed by atoms with Crippen molar-refractivity contribution in [2.75, 3.05) is 12.9 Å². The molecule has 0 N–H and O–H groups in total. The van der Waals surface area contributed by atoms with Crippen molar-refractivity contribution >= 4 is 11.8 Å². The Bertz CT molecular complexity index is 238. The fourth-order valence-electron chi connectivity index (χ4n) is 1.06. The molecule has 0 saturated carbocycles. The number of rotatable bonds is 2. The van der Waals surface area contributed by atoms with Crippen LogP contribution >= 0.6 is 11.8 Å². The van der Waals surface area contributed by atoms with E-state index in [4.69, 9.17) is 4.74 Å². The number of ether oxygens (including phenoxy) is 1. The normalized spacial score (nSPS) is 21.7. The largest absolute Gasteiger partial charge is 0.368 e. The van der Waals surface area contributed by atoms with Gasteiger partial charge < -0.3 is 4.74 Å². The molecule has 11 heavy (non-hydrogen) atoms. The molecule has 0 unspecified atom stereocenters. The Morgan fingerprint density at radius 1 is 1.36 bits per heavy atom. The molecular formula is C9H10OS. The zero-order valence-electron chi connectivity index (χ0n) is 6.41. The van der Waals surface area contributed by atoms with E-state index in [9.17, 15) is 0 Å². The van der Waals surface area contributed by atoms with Gasteiger partial charge in [0.15, 0.2) is 0 Å². The van der Waals surface area contributed by atoms with Crippen LogP contribution in [0.4, 0.5) is 0 Å². The van der Waals surface area contributed by atoms with E-state index in [2.05, 4.69) is 30.5 Å². The van der Waals surface area contributed by atoms with E-state index in [1.165, 1.54) is 10.5 Å². The van der Waals surface area contributed by atoms with Gasteiger partial charge in [0.2, 0.25) is 0 Å². The van der Waals surface area contributed by atoms with Crippen molar-refractivity contribution in [3.8, 4) is 0 Å². The van der Waals surface area contributed by atoms with E-state index in [0.717, 1.165) is 6.61 Å². The number of thioether (sulfide) groups is 1. The van der Waals surface area contributed by atoms with E-state index in [0.29, 0.717) is 6.10 Å². The molecule has 0 amide bonds. The minimum atomic E-state index is 0.394. The topological polar surface area (TPSA) is 12.5 Å². The molecule has 1 aliphatic rings. The average Bonchev–Trinajstić information content (AvgIpc) is 2.87. The second-order valence-electron chi connectivity index (χ2n) is 2.60. The highest BCUT2D eigenvalue weighted by Gasteiger charge is 2.23. The molecule has 1 fully saturated rings. The lowest BCUT2D eigenvalue weighted by Gasteiger charge is -1.97. The summed E-state index contributed by atoms with van der Waals surface area (Å²) >= 11 is 1.77. The van der Waals surface area contributed by atoms with Gasteiger partial charge in [-0.3, -0.25) is 0 Å². The van der Waals surface area contributed by atoms with Crippen molar-refractivity contribution < 1.29 is 4.74 Å². The molecule has 0 bridgehead atoms. The highest BCUT2D eigenvalue weighted by Crippen LogP contribution is 2.30. The van der Waals surface area contributed by atoms with Crippen LogP contribution in [0.5, 0.6) is 0 Å². The van der Waals surface area contributed by atoms with Crippen molar-refractivity contribution in [2.45, 2.75) is 11.0 Å². The Morgan fingerprint density at radius 3 is 2.45 bits per heavy atom. The summed E-state index contributed by atoms with van der Waals surface area (Å²) in [6.07, 6.45) is 2.48. The second-order valence-corrected chi connectivity index (χ2v) is 3.47. The van der Waals surface area contributed by atoms with Crippen LogP contribution in [-0.4, -0.2) is 12.9 Å². The molecule has 2 heteroatoms. The van der Waals surface area contributed by atoms with E-state index in [1.807, 2.05) is 0 Å². The summed E-state index contributed by atoms with van der Waals surface area (Å²) in [6.45, 7) is 0.901. The van der Waals surface area contributed by atoms with Crippen LogP contribution in [0.1, 0.15) is 11.7 Å². The SMILES string of the molecule is CSc1ccc([C@@H]2CO2)cc1. The number of benzene rings is 1. The van der Waals surface area contributed by atoms with Crippen LogP contribution in [0.15, 0.2) is 29.2 Å². The van der Waals surface area contributed by atoms with Crippen LogP contribution in [0, 0.1) is 0 Å². The monoisotopic (exact) mass is 166 g/mol. The van der Waals surface area contributed by atoms with Gasteiger partial charge in [-0.25, -0.2) is 0 Å². The zero-order chi connectivity index (χ0) is 7.68. The minimum absolute atomic E-state index is 0.394. The van der Waals surface area contributed by atoms with Gasteiger partial charge in [0, 0.05) is 4.90 Å². The molecule has 1 aromatic rings. The molecule has 0 aliphatic carbocycles. The molecular weight excluding hydrogens is 156 g/mol. The Balaban J connectivity index is 2.19. The van der Waals surface area contributed by atoms with Gasteiger partial charge in [0.05, 0.1) is 6.61 Å². The molecule has 58 valence electrons. The fraction of sp³-hybridized carbons (Fsp3) is 0.333. The molecule has 0 spiro atoms. The molecule has 0 aromatic heterocycles. The predicted octanol–water partition coefficient (Wildman–Crippen LogP) is 2.48. The molecule has 1 aromatic carbocycles. The lowest BCUT2D eigenvalue weighted by molar-refractivity contribution is 0.415. The third-order valence-corrected chi connectivity index (χ3v) is 2.56. The van der Waals surface area contributed by atoms with Gasteiger partial charge in [-0.1, -0.05) is 12.1 Å². The third kappa shape index (κ3) is 1.57. The van der Waals surface area contributed by atoms with Crippen molar-refractivity contribution in [1.82, 2.24) is 0 Å². The summed E-state index contributed by atoms with van der Waals surface area (Å²) in [5.74, 6) is 0. The second kappa shape index (κ2) is 2.88. The van der Waals surface area contributed by atoms with E-state index in [-0.39, 0.29) is 0 Å². The van der Waals surface area contributed by atoms with Crippen LogP contribution < -0.4 is 0 Å². The molecule has 2 rings (SSSR count). The van der Waals surface area contributed by atoms with E-state index >= 15 is 0 Å². The van der Waals surface area contributed by atoms with Crippen LogP contribution in [0.2, 0.25) is 0 Å². The predicted molar refractivity (Wildman–Crippen MR) is 46.9 cm³/mol. The Morgan fingerprint density at radius 2 is 2.00 bits per heavy atom. The summed E-state index contributed by atoms with van der Waals surface area (Å²) < 4.78 is 5.16. The lowest BCUT2D eigenvalue weighted by Crippen LogP contribution is -1.78. The minimum Gasteiger partial charge on any atom is -0.368 e. The first-order valence-corrected chi connectivity index (χ1v) is 4.88. The summed E-state index contributed by atoms with van der Waals surface area (Å²) in [5.41, 5.74) is 1.31. The van der Waals surface area contributed by atoms with Gasteiger partial charge >= 0.3 is 0 Å². The molecule has 1 heterocycles. The maximum absolute atomic E-state index is 5.16. The highest BCUT2D eigenvalue weighted by molar-refractivity contribution is 7.98. The van der Waals surface area contributed by atoms with Crippen LogP contribution in [0.3, 0.4) is 0 Å². The van der Waals surface area contributed by atoms with Gasteiger partial charge in [-0.15, -0.1) is 11.8 Å². The molecule has 1 aliphatic heterocycles. The first-order chi connectivity index (χ1) is 5.40. The lowest BCUT2D eigenvalue weighted by atomic mass is 10.2. The van der Waals surface area contributed by atoms with E-state index < -0.39 is 0 Å². The van der Waals surface area contributed by atoms with E-state index in [1.54, 1.807) is 11.8 Å². The van der Waals surface area contributed by atoms with Crippen LogP contribution in [0.25, 0.3) is 0 Å². The van der Waals surface area contributed by atoms with Crippen molar-refractivity contribution in [3.05, 3.63) is 29.8 Å². The van der Waals surface area contributed by atoms with Gasteiger partial charge in [-0.2, -0.15) is 0 Å². The molecule has 1 nitrogen and oxygen atoms in total. The Kier molecular flexibility index (Phi) is 1.88. The van der Waals surface area contributed by atoms with Gasteiger partial charge in [0.25, 0.3) is 0 Å². The summed E-state index contributed by atoms with van der Waals surface area (Å²) in [7, 11) is 0. The number of hydrogen-bond acceptors (Lipinski definition) is 2. The smallest absolute Gasteiger partial charge is 0.106 e. The van der Waals surface area contributed by atoms with Crippen molar-refractivity contribution in [1.29, 1.82) is 0 Å². The maximum atomic E-state index is 5.16. The first-order valence-electron chi connectivity index (χ1n) is 3.66. The number of epoxide rings is 1.